The highest BCUT2D eigenvalue weighted by Gasteiger charge is 2.44. The van der Waals surface area contributed by atoms with E-state index in [1.165, 1.54) is 41.5 Å². The quantitative estimate of drug-likeness (QED) is 0.702. The molecule has 1 aromatic heterocycles. The molecule has 1 fully saturated rings. The van der Waals surface area contributed by atoms with Crippen molar-refractivity contribution in [2.24, 2.45) is 0 Å². The molecule has 1 atom stereocenters. The first-order chi connectivity index (χ1) is 14.6. The number of ketones is 1. The minimum absolute atomic E-state index is 0.0339. The van der Waals surface area contributed by atoms with Gasteiger partial charge in [0, 0.05) is 26.2 Å². The minimum Gasteiger partial charge on any atom is -0.503 e. The first-order valence-electron chi connectivity index (χ1n) is 9.94. The number of carbonyl (C=O) groups is 2. The summed E-state index contributed by atoms with van der Waals surface area (Å²) < 4.78 is 24.0. The van der Waals surface area contributed by atoms with Crippen molar-refractivity contribution in [3.05, 3.63) is 71.1 Å². The van der Waals surface area contributed by atoms with Crippen LogP contribution in [0.2, 0.25) is 0 Å². The summed E-state index contributed by atoms with van der Waals surface area (Å²) in [4.78, 5) is 29.6. The molecule has 8 heteroatoms. The molecule has 2 aromatic rings. The highest BCUT2D eigenvalue weighted by Crippen LogP contribution is 2.39. The first kappa shape index (κ1) is 20.3. The fourth-order valence-electron chi connectivity index (χ4n) is 3.94. The Balaban J connectivity index is 1.59. The van der Waals surface area contributed by atoms with Gasteiger partial charge in [0.15, 0.2) is 11.5 Å². The Morgan fingerprint density at radius 3 is 2.53 bits per heavy atom. The number of hydrogen-bond donors (Lipinski definition) is 1. The van der Waals surface area contributed by atoms with Gasteiger partial charge in [0.1, 0.15) is 5.82 Å². The zero-order valence-corrected chi connectivity index (χ0v) is 16.4. The summed E-state index contributed by atoms with van der Waals surface area (Å²) in [5.41, 5.74) is 0.503. The standard InChI is InChI=1S/C22H23FN2O5/c23-16-6-4-15(5-7-16)19-18(20(26)17-3-1-12-30-17)21(27)22(28)25(19)9-2-8-24-10-13-29-14-11-24/h1,3-7,12,19,27H,2,8-11,13-14H2/t19-/m0/s1. The van der Waals surface area contributed by atoms with Crippen molar-refractivity contribution < 1.29 is 28.2 Å². The van der Waals surface area contributed by atoms with Crippen LogP contribution in [0.1, 0.15) is 28.6 Å². The van der Waals surface area contributed by atoms with E-state index in [9.17, 15) is 19.1 Å². The zero-order valence-electron chi connectivity index (χ0n) is 16.4. The van der Waals surface area contributed by atoms with Gasteiger partial charge >= 0.3 is 0 Å². The Morgan fingerprint density at radius 1 is 1.13 bits per heavy atom. The molecule has 0 radical (unpaired) electrons. The van der Waals surface area contributed by atoms with Gasteiger partial charge in [-0.1, -0.05) is 12.1 Å². The number of amides is 1. The molecule has 0 saturated carbocycles. The molecular formula is C22H23FN2O5. The van der Waals surface area contributed by atoms with Crippen molar-refractivity contribution in [1.82, 2.24) is 9.80 Å². The number of ether oxygens (including phenoxy) is 1. The lowest BCUT2D eigenvalue weighted by Crippen LogP contribution is -2.39. The molecule has 1 N–H and O–H groups in total. The van der Waals surface area contributed by atoms with Gasteiger partial charge in [0.2, 0.25) is 5.78 Å². The van der Waals surface area contributed by atoms with E-state index in [1.54, 1.807) is 6.07 Å². The molecule has 3 heterocycles. The minimum atomic E-state index is -0.805. The number of rotatable bonds is 7. The summed E-state index contributed by atoms with van der Waals surface area (Å²) in [6.45, 7) is 4.15. The van der Waals surface area contributed by atoms with Crippen LogP contribution in [0.25, 0.3) is 0 Å². The molecular weight excluding hydrogens is 391 g/mol. The van der Waals surface area contributed by atoms with Gasteiger partial charge in [-0.25, -0.2) is 4.39 Å². The lowest BCUT2D eigenvalue weighted by molar-refractivity contribution is -0.129. The fourth-order valence-corrected chi connectivity index (χ4v) is 3.94. The van der Waals surface area contributed by atoms with Crippen LogP contribution in [0.15, 0.2) is 58.4 Å². The molecule has 30 heavy (non-hydrogen) atoms. The fraction of sp³-hybridized carbons (Fsp3) is 0.364. The van der Waals surface area contributed by atoms with Crippen LogP contribution in [-0.2, 0) is 9.53 Å². The molecule has 4 rings (SSSR count). The number of nitrogens with zero attached hydrogens (tertiary/aromatic N) is 2. The molecule has 0 bridgehead atoms. The maximum atomic E-state index is 13.5. The Kier molecular flexibility index (Phi) is 5.96. The van der Waals surface area contributed by atoms with Crippen LogP contribution in [0.5, 0.6) is 0 Å². The van der Waals surface area contributed by atoms with E-state index in [0.29, 0.717) is 31.7 Å². The number of morpholine rings is 1. The second-order valence-corrected chi connectivity index (χ2v) is 7.33. The molecule has 7 nitrogen and oxygen atoms in total. The van der Waals surface area contributed by atoms with Gasteiger partial charge < -0.3 is 19.2 Å². The number of carbonyl (C=O) groups excluding carboxylic acids is 2. The topological polar surface area (TPSA) is 83.2 Å². The Morgan fingerprint density at radius 2 is 1.87 bits per heavy atom. The number of Topliss-reactive ketones (excluding diaryl/α,β-unsaturated/α-hetero) is 1. The second-order valence-electron chi connectivity index (χ2n) is 7.33. The largest absolute Gasteiger partial charge is 0.503 e. The molecule has 1 saturated heterocycles. The Bertz CT molecular complexity index is 933. The summed E-state index contributed by atoms with van der Waals surface area (Å²) in [7, 11) is 0. The van der Waals surface area contributed by atoms with Crippen molar-refractivity contribution in [2.75, 3.05) is 39.4 Å². The van der Waals surface area contributed by atoms with Crippen LogP contribution in [0.4, 0.5) is 4.39 Å². The van der Waals surface area contributed by atoms with Crippen molar-refractivity contribution in [2.45, 2.75) is 12.5 Å². The molecule has 0 spiro atoms. The van der Waals surface area contributed by atoms with Gasteiger partial charge in [-0.2, -0.15) is 0 Å². The van der Waals surface area contributed by atoms with Crippen LogP contribution in [0, 0.1) is 5.82 Å². The summed E-state index contributed by atoms with van der Waals surface area (Å²) in [5.74, 6) is -2.14. The predicted octanol–water partition coefficient (Wildman–Crippen LogP) is 2.72. The third-order valence-electron chi connectivity index (χ3n) is 5.46. The number of hydrogen-bond acceptors (Lipinski definition) is 6. The maximum Gasteiger partial charge on any atom is 0.290 e. The predicted molar refractivity (Wildman–Crippen MR) is 105 cm³/mol. The lowest BCUT2D eigenvalue weighted by Gasteiger charge is -2.29. The Labute approximate surface area is 173 Å². The van der Waals surface area contributed by atoms with E-state index in [2.05, 4.69) is 4.90 Å². The number of halogens is 1. The maximum absolute atomic E-state index is 13.5. The zero-order chi connectivity index (χ0) is 21.1. The van der Waals surface area contributed by atoms with Crippen molar-refractivity contribution in [3.8, 4) is 0 Å². The SMILES string of the molecule is O=C(C1=C(O)C(=O)N(CCCN2CCOCC2)[C@H]1c1ccc(F)cc1)c1ccco1. The van der Waals surface area contributed by atoms with Crippen molar-refractivity contribution in [3.63, 3.8) is 0 Å². The van der Waals surface area contributed by atoms with E-state index in [0.717, 1.165) is 19.6 Å². The van der Waals surface area contributed by atoms with E-state index in [1.807, 2.05) is 0 Å². The molecule has 158 valence electrons. The van der Waals surface area contributed by atoms with Crippen LogP contribution >= 0.6 is 0 Å². The van der Waals surface area contributed by atoms with E-state index >= 15 is 0 Å². The van der Waals surface area contributed by atoms with Gasteiger partial charge in [-0.05, 0) is 36.2 Å². The van der Waals surface area contributed by atoms with Crippen molar-refractivity contribution >= 4 is 11.7 Å². The second kappa shape index (κ2) is 8.81. The van der Waals surface area contributed by atoms with E-state index < -0.39 is 29.3 Å². The number of aliphatic hydroxyl groups is 1. The van der Waals surface area contributed by atoms with Crippen LogP contribution < -0.4 is 0 Å². The molecule has 1 aromatic carbocycles. The smallest absolute Gasteiger partial charge is 0.290 e. The molecule has 0 unspecified atom stereocenters. The molecule has 2 aliphatic heterocycles. The third-order valence-corrected chi connectivity index (χ3v) is 5.46. The number of benzene rings is 1. The van der Waals surface area contributed by atoms with Crippen LogP contribution in [0.3, 0.4) is 0 Å². The third kappa shape index (κ3) is 4.01. The van der Waals surface area contributed by atoms with Gasteiger partial charge in [0.05, 0.1) is 31.1 Å². The van der Waals surface area contributed by atoms with Gasteiger partial charge in [0.25, 0.3) is 5.91 Å². The average Bonchev–Trinajstić information content (AvgIpc) is 3.38. The first-order valence-corrected chi connectivity index (χ1v) is 9.94. The average molecular weight is 414 g/mol. The molecule has 2 aliphatic rings. The Hall–Kier alpha value is -2.97. The summed E-state index contributed by atoms with van der Waals surface area (Å²) in [6, 6.07) is 7.84. The summed E-state index contributed by atoms with van der Waals surface area (Å²) >= 11 is 0. The highest BCUT2D eigenvalue weighted by atomic mass is 19.1. The van der Waals surface area contributed by atoms with E-state index in [4.69, 9.17) is 9.15 Å². The number of aliphatic hydroxyl groups excluding tert-OH is 1. The molecule has 1 amide bonds. The molecule has 0 aliphatic carbocycles. The summed E-state index contributed by atoms with van der Waals surface area (Å²) in [5, 5.41) is 10.6. The number of furan rings is 1. The summed E-state index contributed by atoms with van der Waals surface area (Å²) in [6.07, 6.45) is 2.02. The monoisotopic (exact) mass is 414 g/mol. The van der Waals surface area contributed by atoms with Gasteiger partial charge in [-0.15, -0.1) is 0 Å². The van der Waals surface area contributed by atoms with Gasteiger partial charge in [-0.3, -0.25) is 14.5 Å². The van der Waals surface area contributed by atoms with E-state index in [-0.39, 0.29) is 11.3 Å². The lowest BCUT2D eigenvalue weighted by atomic mass is 9.95. The normalized spacial score (nSPS) is 20.2. The highest BCUT2D eigenvalue weighted by molar-refractivity contribution is 6.14. The van der Waals surface area contributed by atoms with Crippen LogP contribution in [-0.4, -0.2) is 66.0 Å². The van der Waals surface area contributed by atoms with Crippen molar-refractivity contribution in [1.29, 1.82) is 0 Å².